The Hall–Kier alpha value is -1.85. The van der Waals surface area contributed by atoms with Gasteiger partial charge >= 0.3 is 0 Å². The number of hydrogen-bond donors (Lipinski definition) is 1. The summed E-state index contributed by atoms with van der Waals surface area (Å²) >= 11 is 6.99. The molecule has 0 unspecified atom stereocenters. The second kappa shape index (κ2) is 9.59. The minimum Gasteiger partial charge on any atom is -0.358 e. The molecule has 2 rings (SSSR count). The normalized spacial score (nSPS) is 11.6. The van der Waals surface area contributed by atoms with Crippen LogP contribution in [0.25, 0.3) is 0 Å². The van der Waals surface area contributed by atoms with E-state index >= 15 is 0 Å². The third-order valence-electron chi connectivity index (χ3n) is 3.90. The smallest absolute Gasteiger partial charge is 0.242 e. The van der Waals surface area contributed by atoms with E-state index in [1.54, 1.807) is 0 Å². The minimum atomic E-state index is -0.379. The van der Waals surface area contributed by atoms with Crippen LogP contribution in [0.4, 0.5) is 5.69 Å². The van der Waals surface area contributed by atoms with Crippen molar-refractivity contribution in [2.45, 2.75) is 26.0 Å². The maximum atomic E-state index is 12.9. The van der Waals surface area contributed by atoms with E-state index in [4.69, 9.17) is 12.2 Å². The zero-order valence-corrected chi connectivity index (χ0v) is 16.5. The molecule has 0 saturated carbocycles. The van der Waals surface area contributed by atoms with Gasteiger partial charge in [0, 0.05) is 18.8 Å². The molecule has 3 nitrogen and oxygen atoms in total. The van der Waals surface area contributed by atoms with Crippen LogP contribution in [0.2, 0.25) is 0 Å². The fourth-order valence-electron chi connectivity index (χ4n) is 2.40. The number of anilines is 1. The van der Waals surface area contributed by atoms with Crippen LogP contribution in [0.1, 0.15) is 30.2 Å². The molecule has 25 heavy (non-hydrogen) atoms. The first-order chi connectivity index (χ1) is 12.0. The lowest BCUT2D eigenvalue weighted by Crippen LogP contribution is -2.29. The van der Waals surface area contributed by atoms with Gasteiger partial charge in [0.15, 0.2) is 0 Å². The molecular weight excluding hydrogens is 348 g/mol. The van der Waals surface area contributed by atoms with E-state index in [2.05, 4.69) is 24.1 Å². The summed E-state index contributed by atoms with van der Waals surface area (Å²) in [5, 5.41) is 2.63. The first kappa shape index (κ1) is 19.5. The van der Waals surface area contributed by atoms with Gasteiger partial charge in [0.05, 0.1) is 0 Å². The number of nitrogens with zero attached hydrogens (tertiary/aromatic N) is 1. The highest BCUT2D eigenvalue weighted by atomic mass is 32.2. The summed E-state index contributed by atoms with van der Waals surface area (Å²) in [5.41, 5.74) is 2.91. The SMILES string of the molecule is CCN(CC)C(=S)S[C@@H](C(=O)Nc1ccc(C)cc1)c1ccccc1. The van der Waals surface area contributed by atoms with Crippen molar-refractivity contribution >= 4 is 39.9 Å². The second-order valence-corrected chi connectivity index (χ2v) is 7.44. The van der Waals surface area contributed by atoms with Gasteiger partial charge in [-0.05, 0) is 38.5 Å². The maximum absolute atomic E-state index is 12.9. The molecular formula is C20H24N2OS2. The molecule has 0 fully saturated rings. The molecule has 0 aromatic heterocycles. The number of thioether (sulfide) groups is 1. The molecule has 0 bridgehead atoms. The molecule has 5 heteroatoms. The van der Waals surface area contributed by atoms with Gasteiger partial charge < -0.3 is 10.2 Å². The summed E-state index contributed by atoms with van der Waals surface area (Å²) < 4.78 is 0.748. The number of rotatable bonds is 6. The third kappa shape index (κ3) is 5.58. The number of amides is 1. The van der Waals surface area contributed by atoms with E-state index in [9.17, 15) is 4.79 Å². The van der Waals surface area contributed by atoms with Gasteiger partial charge in [-0.25, -0.2) is 0 Å². The fraction of sp³-hybridized carbons (Fsp3) is 0.300. The number of benzene rings is 2. The van der Waals surface area contributed by atoms with Gasteiger partial charge in [0.25, 0.3) is 0 Å². The Labute approximate surface area is 159 Å². The first-order valence-electron chi connectivity index (χ1n) is 8.43. The molecule has 132 valence electrons. The molecule has 0 spiro atoms. The van der Waals surface area contributed by atoms with Gasteiger partial charge in [-0.1, -0.05) is 72.0 Å². The van der Waals surface area contributed by atoms with Crippen LogP contribution in [-0.2, 0) is 4.79 Å². The minimum absolute atomic E-state index is 0.0606. The average Bonchev–Trinajstić information content (AvgIpc) is 2.63. The molecule has 0 heterocycles. The zero-order chi connectivity index (χ0) is 18.2. The lowest BCUT2D eigenvalue weighted by molar-refractivity contribution is -0.115. The Morgan fingerprint density at radius 2 is 1.68 bits per heavy atom. The quantitative estimate of drug-likeness (QED) is 0.721. The van der Waals surface area contributed by atoms with Crippen molar-refractivity contribution in [2.75, 3.05) is 18.4 Å². The summed E-state index contributed by atoms with van der Waals surface area (Å²) in [6.07, 6.45) is 0. The van der Waals surface area contributed by atoms with Gasteiger partial charge in [-0.2, -0.15) is 0 Å². The second-order valence-electron chi connectivity index (χ2n) is 5.70. The molecule has 1 atom stereocenters. The molecule has 0 saturated heterocycles. The summed E-state index contributed by atoms with van der Waals surface area (Å²) in [4.78, 5) is 15.0. The van der Waals surface area contributed by atoms with Crippen molar-refractivity contribution in [3.05, 3.63) is 65.7 Å². The number of carbonyl (C=O) groups excluding carboxylic acids is 1. The Bertz CT molecular complexity index is 697. The lowest BCUT2D eigenvalue weighted by Gasteiger charge is -2.24. The van der Waals surface area contributed by atoms with Gasteiger partial charge in [-0.3, -0.25) is 4.79 Å². The Morgan fingerprint density at radius 3 is 2.24 bits per heavy atom. The van der Waals surface area contributed by atoms with Crippen LogP contribution in [-0.4, -0.2) is 28.2 Å². The summed E-state index contributed by atoms with van der Waals surface area (Å²) in [6, 6.07) is 17.6. The topological polar surface area (TPSA) is 32.3 Å². The molecule has 1 N–H and O–H groups in total. The van der Waals surface area contributed by atoms with E-state index in [1.165, 1.54) is 11.8 Å². The van der Waals surface area contributed by atoms with E-state index < -0.39 is 0 Å². The highest BCUT2D eigenvalue weighted by Crippen LogP contribution is 2.32. The van der Waals surface area contributed by atoms with Crippen LogP contribution in [0, 0.1) is 6.92 Å². The van der Waals surface area contributed by atoms with Crippen molar-refractivity contribution in [1.82, 2.24) is 4.90 Å². The van der Waals surface area contributed by atoms with Crippen molar-refractivity contribution in [3.8, 4) is 0 Å². The Kier molecular flexibility index (Phi) is 7.47. The summed E-state index contributed by atoms with van der Waals surface area (Å²) in [6.45, 7) is 7.84. The molecule has 2 aromatic carbocycles. The van der Waals surface area contributed by atoms with Crippen molar-refractivity contribution in [1.29, 1.82) is 0 Å². The molecule has 2 aromatic rings. The fourth-order valence-corrected chi connectivity index (χ4v) is 4.02. The number of thiocarbonyl (C=S) groups is 1. The average molecular weight is 373 g/mol. The largest absolute Gasteiger partial charge is 0.358 e. The monoisotopic (exact) mass is 372 g/mol. The van der Waals surface area contributed by atoms with Crippen molar-refractivity contribution in [3.63, 3.8) is 0 Å². The maximum Gasteiger partial charge on any atom is 0.242 e. The van der Waals surface area contributed by atoms with E-state index in [0.717, 1.165) is 34.2 Å². The van der Waals surface area contributed by atoms with E-state index in [-0.39, 0.29) is 11.2 Å². The Balaban J connectivity index is 2.20. The highest BCUT2D eigenvalue weighted by Gasteiger charge is 2.24. The zero-order valence-electron chi connectivity index (χ0n) is 14.9. The number of hydrogen-bond acceptors (Lipinski definition) is 3. The first-order valence-corrected chi connectivity index (χ1v) is 9.72. The number of nitrogens with one attached hydrogen (secondary N) is 1. The van der Waals surface area contributed by atoms with Crippen LogP contribution in [0.5, 0.6) is 0 Å². The molecule has 0 aliphatic rings. The van der Waals surface area contributed by atoms with Crippen LogP contribution in [0.15, 0.2) is 54.6 Å². The van der Waals surface area contributed by atoms with Crippen LogP contribution < -0.4 is 5.32 Å². The predicted molar refractivity (Wildman–Crippen MR) is 112 cm³/mol. The van der Waals surface area contributed by atoms with E-state index in [1.807, 2.05) is 61.5 Å². The molecule has 0 radical (unpaired) electrons. The standard InChI is InChI=1S/C20H24N2OS2/c1-4-22(5-2)20(24)25-18(16-9-7-6-8-10-16)19(23)21-17-13-11-15(3)12-14-17/h6-14,18H,4-5H2,1-3H3,(H,21,23)/t18-/m1/s1. The summed E-state index contributed by atoms with van der Waals surface area (Å²) in [5.74, 6) is -0.0606. The number of carbonyl (C=O) groups is 1. The molecule has 0 aliphatic heterocycles. The van der Waals surface area contributed by atoms with Crippen molar-refractivity contribution in [2.24, 2.45) is 0 Å². The third-order valence-corrected chi connectivity index (χ3v) is 5.63. The van der Waals surface area contributed by atoms with Gasteiger partial charge in [-0.15, -0.1) is 0 Å². The lowest BCUT2D eigenvalue weighted by atomic mass is 10.1. The van der Waals surface area contributed by atoms with Crippen LogP contribution in [0.3, 0.4) is 0 Å². The number of aryl methyl sites for hydroxylation is 1. The molecule has 0 aliphatic carbocycles. The van der Waals surface area contributed by atoms with Gasteiger partial charge in [0.2, 0.25) is 5.91 Å². The van der Waals surface area contributed by atoms with Crippen molar-refractivity contribution < 1.29 is 4.79 Å². The predicted octanol–water partition coefficient (Wildman–Crippen LogP) is 5.03. The van der Waals surface area contributed by atoms with Crippen LogP contribution >= 0.6 is 24.0 Å². The van der Waals surface area contributed by atoms with Gasteiger partial charge in [0.1, 0.15) is 9.57 Å². The Morgan fingerprint density at radius 1 is 1.08 bits per heavy atom. The molecule has 1 amide bonds. The summed E-state index contributed by atoms with van der Waals surface area (Å²) in [7, 11) is 0. The highest BCUT2D eigenvalue weighted by molar-refractivity contribution is 8.23. The van der Waals surface area contributed by atoms with E-state index in [0.29, 0.717) is 0 Å².